The summed E-state index contributed by atoms with van der Waals surface area (Å²) in [5.74, 6) is 0.873. The molecule has 0 radical (unpaired) electrons. The van der Waals surface area contributed by atoms with Gasteiger partial charge in [0.1, 0.15) is 0 Å². The fraction of sp³-hybridized carbons (Fsp3) is 0.857. The van der Waals surface area contributed by atoms with Crippen LogP contribution >= 0.6 is 0 Å². The maximum absolute atomic E-state index is 6.04. The van der Waals surface area contributed by atoms with Gasteiger partial charge in [0.05, 0.1) is 12.7 Å². The lowest BCUT2D eigenvalue weighted by Gasteiger charge is -2.38. The predicted molar refractivity (Wildman–Crippen MR) is 63.8 cm³/mol. The topological polar surface area (TPSA) is 9.23 Å². The number of hydrogen-bond donors (Lipinski definition) is 0. The smallest absolute Gasteiger partial charge is 0.0675 e. The highest BCUT2D eigenvalue weighted by Crippen LogP contribution is 2.66. The quantitative estimate of drug-likeness (QED) is 0.641. The first-order chi connectivity index (χ1) is 6.88. The van der Waals surface area contributed by atoms with Crippen molar-refractivity contribution >= 4 is 0 Å². The van der Waals surface area contributed by atoms with Crippen LogP contribution in [0.1, 0.15) is 47.0 Å². The second kappa shape index (κ2) is 3.35. The maximum atomic E-state index is 6.04. The van der Waals surface area contributed by atoms with Crippen LogP contribution < -0.4 is 0 Å². The summed E-state index contributed by atoms with van der Waals surface area (Å²) in [6, 6.07) is 0. The van der Waals surface area contributed by atoms with E-state index < -0.39 is 0 Å². The first-order valence-electron chi connectivity index (χ1n) is 6.14. The Morgan fingerprint density at radius 3 is 2.47 bits per heavy atom. The Morgan fingerprint density at radius 2 is 2.07 bits per heavy atom. The standard InChI is InChI=1S/C14H24O/c1-10(2)9-15-12-8-11-6-7-14(12,5)13(11,3)4/h11-12H,1,6-9H2,2-5H3. The third kappa shape index (κ3) is 1.47. The Labute approximate surface area is 93.9 Å². The summed E-state index contributed by atoms with van der Waals surface area (Å²) in [4.78, 5) is 0. The number of ether oxygens (including phenoxy) is 1. The van der Waals surface area contributed by atoms with Crippen molar-refractivity contribution in [3.8, 4) is 0 Å². The van der Waals surface area contributed by atoms with Crippen LogP contribution in [0, 0.1) is 16.7 Å². The minimum absolute atomic E-state index is 0.396. The molecule has 0 aromatic carbocycles. The summed E-state index contributed by atoms with van der Waals surface area (Å²) in [5.41, 5.74) is 2.00. The molecule has 0 spiro atoms. The molecule has 15 heavy (non-hydrogen) atoms. The van der Waals surface area contributed by atoms with E-state index in [2.05, 4.69) is 27.4 Å². The number of hydrogen-bond acceptors (Lipinski definition) is 1. The van der Waals surface area contributed by atoms with Crippen molar-refractivity contribution < 1.29 is 4.74 Å². The van der Waals surface area contributed by atoms with Gasteiger partial charge in [-0.25, -0.2) is 0 Å². The minimum atomic E-state index is 0.396. The highest BCUT2D eigenvalue weighted by molar-refractivity contribution is 5.11. The molecule has 2 aliphatic rings. The van der Waals surface area contributed by atoms with Crippen molar-refractivity contribution in [1.29, 1.82) is 0 Å². The van der Waals surface area contributed by atoms with Gasteiger partial charge < -0.3 is 4.74 Å². The van der Waals surface area contributed by atoms with Crippen molar-refractivity contribution in [3.05, 3.63) is 12.2 Å². The van der Waals surface area contributed by atoms with Crippen LogP contribution in [0.5, 0.6) is 0 Å². The van der Waals surface area contributed by atoms with Crippen LogP contribution in [0.2, 0.25) is 0 Å². The average molecular weight is 208 g/mol. The van der Waals surface area contributed by atoms with Crippen LogP contribution in [0.15, 0.2) is 12.2 Å². The number of fused-ring (bicyclic) bond motifs is 2. The van der Waals surface area contributed by atoms with E-state index in [1.165, 1.54) is 19.3 Å². The van der Waals surface area contributed by atoms with Crippen molar-refractivity contribution in [3.63, 3.8) is 0 Å². The molecule has 1 heteroatoms. The third-order valence-electron chi connectivity index (χ3n) is 5.24. The van der Waals surface area contributed by atoms with Crippen molar-refractivity contribution in [2.24, 2.45) is 16.7 Å². The molecular formula is C14H24O. The van der Waals surface area contributed by atoms with Gasteiger partial charge in [-0.2, -0.15) is 0 Å². The van der Waals surface area contributed by atoms with E-state index in [0.29, 0.717) is 16.9 Å². The fourth-order valence-electron chi connectivity index (χ4n) is 3.63. The lowest BCUT2D eigenvalue weighted by Crippen LogP contribution is -2.37. The van der Waals surface area contributed by atoms with Gasteiger partial charge in [0.25, 0.3) is 0 Å². The summed E-state index contributed by atoms with van der Waals surface area (Å²) in [6.07, 6.45) is 4.46. The Hall–Kier alpha value is -0.300. The van der Waals surface area contributed by atoms with Crippen LogP contribution in [-0.4, -0.2) is 12.7 Å². The second-order valence-electron chi connectivity index (χ2n) is 6.37. The van der Waals surface area contributed by atoms with Gasteiger partial charge in [-0.15, -0.1) is 0 Å². The van der Waals surface area contributed by atoms with Crippen molar-refractivity contribution in [2.45, 2.75) is 53.1 Å². The van der Waals surface area contributed by atoms with Gasteiger partial charge in [0.15, 0.2) is 0 Å². The molecule has 0 aromatic rings. The molecule has 3 atom stereocenters. The SMILES string of the molecule is C=C(C)COC1CC2CCC1(C)C2(C)C. The second-order valence-corrected chi connectivity index (χ2v) is 6.37. The molecule has 0 amide bonds. The fourth-order valence-corrected chi connectivity index (χ4v) is 3.63. The highest BCUT2D eigenvalue weighted by Gasteiger charge is 2.61. The number of rotatable bonds is 3. The molecule has 0 N–H and O–H groups in total. The van der Waals surface area contributed by atoms with E-state index in [-0.39, 0.29) is 0 Å². The average Bonchev–Trinajstić information content (AvgIpc) is 2.46. The lowest BCUT2D eigenvalue weighted by atomic mass is 9.70. The van der Waals surface area contributed by atoms with Crippen molar-refractivity contribution in [1.82, 2.24) is 0 Å². The Balaban J connectivity index is 2.09. The van der Waals surface area contributed by atoms with E-state index in [4.69, 9.17) is 4.74 Å². The highest BCUT2D eigenvalue weighted by atomic mass is 16.5. The molecule has 2 rings (SSSR count). The van der Waals surface area contributed by atoms with E-state index in [1.807, 2.05) is 6.92 Å². The zero-order valence-electron chi connectivity index (χ0n) is 10.6. The van der Waals surface area contributed by atoms with Gasteiger partial charge in [-0.3, -0.25) is 0 Å². The Kier molecular flexibility index (Phi) is 2.50. The first-order valence-corrected chi connectivity index (χ1v) is 6.14. The first kappa shape index (κ1) is 11.2. The van der Waals surface area contributed by atoms with Crippen LogP contribution in [-0.2, 0) is 4.74 Å². The monoisotopic (exact) mass is 208 g/mol. The molecule has 0 heterocycles. The van der Waals surface area contributed by atoms with E-state index in [9.17, 15) is 0 Å². The molecule has 0 saturated heterocycles. The molecular weight excluding hydrogens is 184 g/mol. The van der Waals surface area contributed by atoms with E-state index in [1.54, 1.807) is 0 Å². The zero-order valence-corrected chi connectivity index (χ0v) is 10.6. The zero-order chi connectivity index (χ0) is 11.3. The van der Waals surface area contributed by atoms with Gasteiger partial charge in [-0.1, -0.05) is 32.9 Å². The van der Waals surface area contributed by atoms with Gasteiger partial charge in [-0.05, 0) is 42.9 Å². The van der Waals surface area contributed by atoms with Gasteiger partial charge in [0.2, 0.25) is 0 Å². The van der Waals surface area contributed by atoms with Crippen LogP contribution in [0.4, 0.5) is 0 Å². The van der Waals surface area contributed by atoms with Gasteiger partial charge in [0, 0.05) is 0 Å². The normalized spacial score (nSPS) is 42.1. The van der Waals surface area contributed by atoms with E-state index >= 15 is 0 Å². The summed E-state index contributed by atoms with van der Waals surface area (Å²) in [5, 5.41) is 0. The Bertz CT molecular complexity index is 279. The molecule has 86 valence electrons. The summed E-state index contributed by atoms with van der Waals surface area (Å²) >= 11 is 0. The summed E-state index contributed by atoms with van der Waals surface area (Å²) < 4.78 is 6.04. The lowest BCUT2D eigenvalue weighted by molar-refractivity contribution is -0.0374. The molecule has 1 nitrogen and oxygen atoms in total. The predicted octanol–water partition coefficient (Wildman–Crippen LogP) is 3.79. The van der Waals surface area contributed by atoms with Crippen molar-refractivity contribution in [2.75, 3.05) is 6.61 Å². The maximum Gasteiger partial charge on any atom is 0.0675 e. The van der Waals surface area contributed by atoms with Crippen LogP contribution in [0.25, 0.3) is 0 Å². The van der Waals surface area contributed by atoms with Crippen LogP contribution in [0.3, 0.4) is 0 Å². The molecule has 2 aliphatic carbocycles. The Morgan fingerprint density at radius 1 is 1.40 bits per heavy atom. The molecule has 0 aliphatic heterocycles. The summed E-state index contributed by atoms with van der Waals surface area (Å²) in [6.45, 7) is 14.0. The molecule has 2 fully saturated rings. The molecule has 2 bridgehead atoms. The molecule has 3 unspecified atom stereocenters. The summed E-state index contributed by atoms with van der Waals surface area (Å²) in [7, 11) is 0. The third-order valence-corrected chi connectivity index (χ3v) is 5.24. The van der Waals surface area contributed by atoms with Gasteiger partial charge >= 0.3 is 0 Å². The molecule has 2 saturated carbocycles. The largest absolute Gasteiger partial charge is 0.373 e. The minimum Gasteiger partial charge on any atom is -0.373 e. The van der Waals surface area contributed by atoms with E-state index in [0.717, 1.165) is 18.1 Å². The molecule has 0 aromatic heterocycles.